The molecule has 2 aromatic rings. The van der Waals surface area contributed by atoms with Crippen molar-refractivity contribution in [3.8, 4) is 0 Å². The van der Waals surface area contributed by atoms with Gasteiger partial charge in [0.15, 0.2) is 0 Å². The van der Waals surface area contributed by atoms with E-state index in [4.69, 9.17) is 0 Å². The third-order valence-electron chi connectivity index (χ3n) is 5.48. The van der Waals surface area contributed by atoms with Crippen molar-refractivity contribution in [1.29, 1.82) is 0 Å². The molecule has 0 unspecified atom stereocenters. The Morgan fingerprint density at radius 2 is 1.70 bits per heavy atom. The standard InChI is InChI=1S/C20H21NO2/c22-14-18(16-7-2-1-3-8-16)21-19(23)11-13-20(21)12-10-15-6-4-5-9-17(15)20/h1-9,18,22H,10-14H2/t18-,20+/m0/s1. The summed E-state index contributed by atoms with van der Waals surface area (Å²) in [4.78, 5) is 14.7. The van der Waals surface area contributed by atoms with Crippen molar-refractivity contribution in [2.75, 3.05) is 6.61 Å². The van der Waals surface area contributed by atoms with Crippen molar-refractivity contribution in [2.45, 2.75) is 37.3 Å². The zero-order valence-electron chi connectivity index (χ0n) is 13.1. The highest BCUT2D eigenvalue weighted by Gasteiger charge is 2.52. The summed E-state index contributed by atoms with van der Waals surface area (Å²) < 4.78 is 0. The zero-order valence-corrected chi connectivity index (χ0v) is 13.1. The molecule has 0 aromatic heterocycles. The molecule has 1 saturated heterocycles. The lowest BCUT2D eigenvalue weighted by Crippen LogP contribution is -2.45. The molecule has 1 heterocycles. The van der Waals surface area contributed by atoms with E-state index >= 15 is 0 Å². The van der Waals surface area contributed by atoms with Crippen LogP contribution in [0.4, 0.5) is 0 Å². The van der Waals surface area contributed by atoms with Gasteiger partial charge >= 0.3 is 0 Å². The number of carbonyl (C=O) groups excluding carboxylic acids is 1. The first-order valence-corrected chi connectivity index (χ1v) is 8.32. The summed E-state index contributed by atoms with van der Waals surface area (Å²) in [5, 5.41) is 10.1. The number of aliphatic hydroxyl groups is 1. The van der Waals surface area contributed by atoms with Gasteiger partial charge in [0.2, 0.25) is 5.91 Å². The number of fused-ring (bicyclic) bond motifs is 2. The van der Waals surface area contributed by atoms with Gasteiger partial charge in [0.1, 0.15) is 0 Å². The summed E-state index contributed by atoms with van der Waals surface area (Å²) in [6.45, 7) is -0.0420. The molecule has 0 bridgehead atoms. The normalized spacial score (nSPS) is 24.2. The molecule has 23 heavy (non-hydrogen) atoms. The first-order valence-electron chi connectivity index (χ1n) is 8.32. The van der Waals surface area contributed by atoms with Crippen LogP contribution in [-0.4, -0.2) is 22.5 Å². The summed E-state index contributed by atoms with van der Waals surface area (Å²) in [5.74, 6) is 0.157. The van der Waals surface area contributed by atoms with E-state index in [1.54, 1.807) is 0 Å². The van der Waals surface area contributed by atoms with Gasteiger partial charge in [-0.25, -0.2) is 0 Å². The lowest BCUT2D eigenvalue weighted by molar-refractivity contribution is -0.136. The molecule has 118 valence electrons. The van der Waals surface area contributed by atoms with Gasteiger partial charge in [0.05, 0.1) is 18.2 Å². The molecule has 1 fully saturated rings. The topological polar surface area (TPSA) is 40.5 Å². The van der Waals surface area contributed by atoms with E-state index in [9.17, 15) is 9.90 Å². The van der Waals surface area contributed by atoms with Crippen molar-refractivity contribution in [3.63, 3.8) is 0 Å². The third kappa shape index (κ3) is 2.11. The van der Waals surface area contributed by atoms with Crippen LogP contribution in [0.5, 0.6) is 0 Å². The van der Waals surface area contributed by atoms with Crippen LogP contribution in [0.15, 0.2) is 54.6 Å². The van der Waals surface area contributed by atoms with Crippen LogP contribution < -0.4 is 0 Å². The summed E-state index contributed by atoms with van der Waals surface area (Å²) in [6, 6.07) is 18.1. The number of amides is 1. The van der Waals surface area contributed by atoms with Crippen LogP contribution in [0.1, 0.15) is 42.0 Å². The van der Waals surface area contributed by atoms with Crippen LogP contribution >= 0.6 is 0 Å². The average molecular weight is 307 g/mol. The number of hydrogen-bond acceptors (Lipinski definition) is 2. The minimum absolute atomic E-state index is 0.0420. The van der Waals surface area contributed by atoms with E-state index in [1.807, 2.05) is 35.2 Å². The first-order chi connectivity index (χ1) is 11.3. The predicted octanol–water partition coefficient (Wildman–Crippen LogP) is 3.18. The molecule has 3 nitrogen and oxygen atoms in total. The average Bonchev–Trinajstić information content (AvgIpc) is 3.13. The molecular formula is C20H21NO2. The van der Waals surface area contributed by atoms with E-state index in [2.05, 4.69) is 24.3 Å². The highest BCUT2D eigenvalue weighted by atomic mass is 16.3. The Labute approximate surface area is 136 Å². The minimum atomic E-state index is -0.266. The number of benzene rings is 2. The van der Waals surface area contributed by atoms with Gasteiger partial charge in [-0.05, 0) is 36.0 Å². The van der Waals surface area contributed by atoms with Gasteiger partial charge in [0.25, 0.3) is 0 Å². The molecule has 2 atom stereocenters. The van der Waals surface area contributed by atoms with Gasteiger partial charge in [-0.3, -0.25) is 4.79 Å². The second kappa shape index (κ2) is 5.50. The number of rotatable bonds is 3. The Morgan fingerprint density at radius 3 is 2.48 bits per heavy atom. The fraction of sp³-hybridized carbons (Fsp3) is 0.350. The number of carbonyl (C=O) groups is 1. The van der Waals surface area contributed by atoms with E-state index in [1.165, 1.54) is 11.1 Å². The van der Waals surface area contributed by atoms with Crippen molar-refractivity contribution in [1.82, 2.24) is 4.90 Å². The van der Waals surface area contributed by atoms with Crippen molar-refractivity contribution >= 4 is 5.91 Å². The molecule has 1 amide bonds. The molecule has 0 radical (unpaired) electrons. The minimum Gasteiger partial charge on any atom is -0.394 e. The molecule has 2 aromatic carbocycles. The maximum atomic E-state index is 12.7. The number of aliphatic hydroxyl groups excluding tert-OH is 1. The van der Waals surface area contributed by atoms with Gasteiger partial charge < -0.3 is 10.0 Å². The van der Waals surface area contributed by atoms with E-state index in [-0.39, 0.29) is 24.1 Å². The SMILES string of the molecule is O=C1CC[C@@]2(CCc3ccccc32)N1[C@@H](CO)c1ccccc1. The molecule has 0 saturated carbocycles. The highest BCUT2D eigenvalue weighted by molar-refractivity contribution is 5.81. The number of likely N-dealkylation sites (tertiary alicyclic amines) is 1. The summed E-state index contributed by atoms with van der Waals surface area (Å²) >= 11 is 0. The fourth-order valence-corrected chi connectivity index (χ4v) is 4.46. The van der Waals surface area contributed by atoms with E-state index in [0.29, 0.717) is 6.42 Å². The van der Waals surface area contributed by atoms with Crippen molar-refractivity contribution < 1.29 is 9.90 Å². The summed E-state index contributed by atoms with van der Waals surface area (Å²) in [7, 11) is 0. The lowest BCUT2D eigenvalue weighted by Gasteiger charge is -2.41. The lowest BCUT2D eigenvalue weighted by atomic mass is 9.87. The second-order valence-corrected chi connectivity index (χ2v) is 6.56. The first kappa shape index (κ1) is 14.5. The molecule has 2 aliphatic rings. The maximum absolute atomic E-state index is 12.7. The Balaban J connectivity index is 1.81. The number of aryl methyl sites for hydroxylation is 1. The molecule has 3 heteroatoms. The Hall–Kier alpha value is -2.13. The molecule has 1 aliphatic carbocycles. The van der Waals surface area contributed by atoms with Crippen LogP contribution in [-0.2, 0) is 16.8 Å². The summed E-state index contributed by atoms with van der Waals surface area (Å²) in [6.07, 6.45) is 3.39. The Kier molecular flexibility index (Phi) is 3.46. The van der Waals surface area contributed by atoms with Crippen LogP contribution in [0.3, 0.4) is 0 Å². The van der Waals surface area contributed by atoms with Gasteiger partial charge in [0, 0.05) is 6.42 Å². The van der Waals surface area contributed by atoms with Crippen LogP contribution in [0, 0.1) is 0 Å². The van der Waals surface area contributed by atoms with Crippen LogP contribution in [0.25, 0.3) is 0 Å². The maximum Gasteiger partial charge on any atom is 0.223 e. The number of hydrogen-bond donors (Lipinski definition) is 1. The zero-order chi connectivity index (χ0) is 15.9. The second-order valence-electron chi connectivity index (χ2n) is 6.56. The summed E-state index contributed by atoms with van der Waals surface area (Å²) in [5.41, 5.74) is 3.39. The Bertz CT molecular complexity index is 727. The van der Waals surface area contributed by atoms with E-state index < -0.39 is 0 Å². The third-order valence-corrected chi connectivity index (χ3v) is 5.48. The van der Waals surface area contributed by atoms with Gasteiger partial charge in [-0.1, -0.05) is 54.6 Å². The highest BCUT2D eigenvalue weighted by Crippen LogP contribution is 2.51. The van der Waals surface area contributed by atoms with Gasteiger partial charge in [-0.2, -0.15) is 0 Å². The van der Waals surface area contributed by atoms with E-state index in [0.717, 1.165) is 24.8 Å². The van der Waals surface area contributed by atoms with Crippen molar-refractivity contribution in [3.05, 3.63) is 71.3 Å². The predicted molar refractivity (Wildman–Crippen MR) is 88.8 cm³/mol. The Morgan fingerprint density at radius 1 is 1.00 bits per heavy atom. The molecule has 1 N–H and O–H groups in total. The van der Waals surface area contributed by atoms with Crippen molar-refractivity contribution in [2.24, 2.45) is 0 Å². The fourth-order valence-electron chi connectivity index (χ4n) is 4.46. The smallest absolute Gasteiger partial charge is 0.223 e. The number of nitrogens with zero attached hydrogens (tertiary/aromatic N) is 1. The molecule has 4 rings (SSSR count). The quantitative estimate of drug-likeness (QED) is 0.946. The van der Waals surface area contributed by atoms with Gasteiger partial charge in [-0.15, -0.1) is 0 Å². The molecule has 1 spiro atoms. The van der Waals surface area contributed by atoms with Crippen LogP contribution in [0.2, 0.25) is 0 Å². The monoisotopic (exact) mass is 307 g/mol. The molecule has 1 aliphatic heterocycles. The largest absolute Gasteiger partial charge is 0.394 e. The molecular weight excluding hydrogens is 286 g/mol.